The fourth-order valence-corrected chi connectivity index (χ4v) is 1.03. The van der Waals surface area contributed by atoms with E-state index in [2.05, 4.69) is 0 Å². The smallest absolute Gasteiger partial charge is 0.320 e. The molecule has 0 heterocycles. The van der Waals surface area contributed by atoms with Gasteiger partial charge in [-0.1, -0.05) is 6.07 Å². The van der Waals surface area contributed by atoms with E-state index in [4.69, 9.17) is 15.9 Å². The summed E-state index contributed by atoms with van der Waals surface area (Å²) < 4.78 is 12.6. The molecule has 0 fully saturated rings. The summed E-state index contributed by atoms with van der Waals surface area (Å²) in [5.41, 5.74) is 5.75. The van der Waals surface area contributed by atoms with E-state index in [9.17, 15) is 9.18 Å². The van der Waals surface area contributed by atoms with Crippen molar-refractivity contribution < 1.29 is 19.4 Å². The van der Waals surface area contributed by atoms with Crippen molar-refractivity contribution in [3.05, 3.63) is 29.6 Å². The first-order valence-electron chi connectivity index (χ1n) is 3.96. The number of rotatable bonds is 3. The average Bonchev–Trinajstić information content (AvgIpc) is 2.11. The average molecular weight is 199 g/mol. The van der Waals surface area contributed by atoms with Gasteiger partial charge in [0.2, 0.25) is 0 Å². The third kappa shape index (κ3) is 2.43. The summed E-state index contributed by atoms with van der Waals surface area (Å²) in [5, 5.41) is 17.5. The molecule has 0 amide bonds. The van der Waals surface area contributed by atoms with Crippen molar-refractivity contribution in [3.8, 4) is 5.75 Å². The van der Waals surface area contributed by atoms with Gasteiger partial charge in [0.15, 0.2) is 11.6 Å². The molecule has 0 radical (unpaired) electrons. The molecule has 0 aromatic heterocycles. The van der Waals surface area contributed by atoms with Crippen molar-refractivity contribution in [1.82, 2.24) is 0 Å². The second-order valence-electron chi connectivity index (χ2n) is 2.93. The van der Waals surface area contributed by atoms with Crippen LogP contribution in [0.5, 0.6) is 5.75 Å². The Balaban J connectivity index is 2.78. The third-order valence-electron chi connectivity index (χ3n) is 1.78. The lowest BCUT2D eigenvalue weighted by Crippen LogP contribution is -2.32. The Labute approximate surface area is 79.8 Å². The van der Waals surface area contributed by atoms with Gasteiger partial charge < -0.3 is 15.9 Å². The van der Waals surface area contributed by atoms with E-state index < -0.39 is 23.6 Å². The lowest BCUT2D eigenvalue weighted by Gasteiger charge is -2.06. The molecule has 76 valence electrons. The molecule has 0 bridgehead atoms. The topological polar surface area (TPSA) is 83.5 Å². The number of aliphatic carboxylic acids is 1. The van der Waals surface area contributed by atoms with Crippen molar-refractivity contribution in [2.75, 3.05) is 0 Å². The fraction of sp³-hybridized carbons (Fsp3) is 0.222. The zero-order chi connectivity index (χ0) is 10.7. The molecule has 0 saturated heterocycles. The van der Waals surface area contributed by atoms with E-state index in [1.165, 1.54) is 6.07 Å². The number of hydrogen-bond acceptors (Lipinski definition) is 3. The molecule has 4 nitrogen and oxygen atoms in total. The van der Waals surface area contributed by atoms with Gasteiger partial charge in [-0.3, -0.25) is 4.79 Å². The van der Waals surface area contributed by atoms with Crippen LogP contribution in [-0.4, -0.2) is 22.2 Å². The number of carboxylic acid groups (broad SMARTS) is 1. The molecule has 5 heteroatoms. The van der Waals surface area contributed by atoms with Crippen LogP contribution in [0.1, 0.15) is 5.56 Å². The molecule has 1 aromatic carbocycles. The summed E-state index contributed by atoms with van der Waals surface area (Å²) in [4.78, 5) is 10.4. The predicted molar refractivity (Wildman–Crippen MR) is 47.4 cm³/mol. The van der Waals surface area contributed by atoms with Crippen LogP contribution in [0.15, 0.2) is 18.2 Å². The van der Waals surface area contributed by atoms with Crippen molar-refractivity contribution in [3.63, 3.8) is 0 Å². The molecule has 1 atom stereocenters. The summed E-state index contributed by atoms with van der Waals surface area (Å²) in [6.07, 6.45) is 0.0587. The molecule has 4 N–H and O–H groups in total. The number of carbonyl (C=O) groups is 1. The summed E-state index contributed by atoms with van der Waals surface area (Å²) in [6.45, 7) is 0. The number of aromatic hydroxyl groups is 1. The molecule has 0 unspecified atom stereocenters. The number of phenolic OH excluding ortho intramolecular Hbond substituents is 1. The monoisotopic (exact) mass is 199 g/mol. The number of halogens is 1. The van der Waals surface area contributed by atoms with Crippen LogP contribution in [0.2, 0.25) is 0 Å². The van der Waals surface area contributed by atoms with Gasteiger partial charge in [0, 0.05) is 0 Å². The molecular formula is C9H10FNO3. The van der Waals surface area contributed by atoms with Crippen molar-refractivity contribution >= 4 is 5.97 Å². The van der Waals surface area contributed by atoms with E-state index in [1.54, 1.807) is 0 Å². The summed E-state index contributed by atoms with van der Waals surface area (Å²) in [6, 6.07) is 2.58. The Hall–Kier alpha value is -1.62. The molecule has 0 spiro atoms. The van der Waals surface area contributed by atoms with E-state index in [0.717, 1.165) is 12.1 Å². The zero-order valence-corrected chi connectivity index (χ0v) is 7.27. The van der Waals surface area contributed by atoms with E-state index in [1.807, 2.05) is 0 Å². The van der Waals surface area contributed by atoms with Crippen molar-refractivity contribution in [1.29, 1.82) is 0 Å². The lowest BCUT2D eigenvalue weighted by molar-refractivity contribution is -0.138. The summed E-state index contributed by atoms with van der Waals surface area (Å²) in [5.74, 6) is -2.37. The fourth-order valence-electron chi connectivity index (χ4n) is 1.03. The molecule has 0 aliphatic heterocycles. The minimum Gasteiger partial charge on any atom is -0.505 e. The second-order valence-corrected chi connectivity index (χ2v) is 2.93. The van der Waals surface area contributed by atoms with Crippen LogP contribution in [-0.2, 0) is 11.2 Å². The molecular weight excluding hydrogens is 189 g/mol. The first-order valence-corrected chi connectivity index (χ1v) is 3.96. The van der Waals surface area contributed by atoms with E-state index in [0.29, 0.717) is 5.56 Å². The maximum atomic E-state index is 12.6. The molecule has 14 heavy (non-hydrogen) atoms. The highest BCUT2D eigenvalue weighted by Crippen LogP contribution is 2.17. The highest BCUT2D eigenvalue weighted by Gasteiger charge is 2.12. The largest absolute Gasteiger partial charge is 0.505 e. The van der Waals surface area contributed by atoms with E-state index >= 15 is 0 Å². The molecule has 0 saturated carbocycles. The Morgan fingerprint density at radius 1 is 1.57 bits per heavy atom. The SMILES string of the molecule is N[C@H](Cc1ccc(F)c(O)c1)C(=O)O. The Morgan fingerprint density at radius 2 is 2.21 bits per heavy atom. The van der Waals surface area contributed by atoms with Gasteiger partial charge in [-0.15, -0.1) is 0 Å². The van der Waals surface area contributed by atoms with Gasteiger partial charge in [0.05, 0.1) is 0 Å². The molecule has 1 rings (SSSR count). The normalized spacial score (nSPS) is 12.4. The van der Waals surface area contributed by atoms with Gasteiger partial charge in [-0.25, -0.2) is 4.39 Å². The summed E-state index contributed by atoms with van der Waals surface area (Å²) >= 11 is 0. The van der Waals surface area contributed by atoms with Crippen molar-refractivity contribution in [2.24, 2.45) is 5.73 Å². The van der Waals surface area contributed by atoms with Crippen LogP contribution < -0.4 is 5.73 Å². The quantitative estimate of drug-likeness (QED) is 0.661. The number of nitrogens with two attached hydrogens (primary N) is 1. The van der Waals surface area contributed by atoms with Gasteiger partial charge in [-0.05, 0) is 24.1 Å². The van der Waals surface area contributed by atoms with Gasteiger partial charge >= 0.3 is 5.97 Å². The number of benzene rings is 1. The molecule has 0 aliphatic rings. The highest BCUT2D eigenvalue weighted by atomic mass is 19.1. The maximum Gasteiger partial charge on any atom is 0.320 e. The Morgan fingerprint density at radius 3 is 2.71 bits per heavy atom. The number of carboxylic acids is 1. The van der Waals surface area contributed by atoms with Gasteiger partial charge in [0.1, 0.15) is 6.04 Å². The third-order valence-corrected chi connectivity index (χ3v) is 1.78. The molecule has 1 aromatic rings. The Kier molecular flexibility index (Phi) is 3.03. The van der Waals surface area contributed by atoms with Crippen molar-refractivity contribution in [2.45, 2.75) is 12.5 Å². The molecule has 0 aliphatic carbocycles. The number of phenols is 1. The zero-order valence-electron chi connectivity index (χ0n) is 7.27. The maximum absolute atomic E-state index is 12.6. The minimum atomic E-state index is -1.13. The first-order chi connectivity index (χ1) is 6.50. The van der Waals surface area contributed by atoms with Gasteiger partial charge in [-0.2, -0.15) is 0 Å². The standard InChI is InChI=1S/C9H10FNO3/c10-6-2-1-5(4-8(6)12)3-7(11)9(13)14/h1-2,4,7,12H,3,11H2,(H,13,14)/t7-/m1/s1. The second kappa shape index (κ2) is 4.06. The van der Waals surface area contributed by atoms with Crippen LogP contribution in [0, 0.1) is 5.82 Å². The minimum absolute atomic E-state index is 0.0587. The number of hydrogen-bond donors (Lipinski definition) is 3. The lowest BCUT2D eigenvalue weighted by atomic mass is 10.1. The van der Waals surface area contributed by atoms with Crippen LogP contribution in [0.25, 0.3) is 0 Å². The van der Waals surface area contributed by atoms with Crippen LogP contribution in [0.4, 0.5) is 4.39 Å². The Bertz CT molecular complexity index is 354. The van der Waals surface area contributed by atoms with Crippen LogP contribution >= 0.6 is 0 Å². The van der Waals surface area contributed by atoms with Crippen LogP contribution in [0.3, 0.4) is 0 Å². The van der Waals surface area contributed by atoms with E-state index in [-0.39, 0.29) is 6.42 Å². The first kappa shape index (κ1) is 10.5. The summed E-state index contributed by atoms with van der Waals surface area (Å²) in [7, 11) is 0. The van der Waals surface area contributed by atoms with Gasteiger partial charge in [0.25, 0.3) is 0 Å². The predicted octanol–water partition coefficient (Wildman–Crippen LogP) is 0.486. The highest BCUT2D eigenvalue weighted by molar-refractivity contribution is 5.73.